The number of hydrogen-bond acceptors (Lipinski definition) is 5. The van der Waals surface area contributed by atoms with E-state index in [1.54, 1.807) is 21.0 Å². The van der Waals surface area contributed by atoms with E-state index in [0.717, 1.165) is 23.0 Å². The van der Waals surface area contributed by atoms with Crippen LogP contribution in [0.15, 0.2) is 170 Å². The molecule has 0 fully saturated rings. The molecule has 6 aromatic carbocycles. The normalized spacial score (nSPS) is 9.40. The van der Waals surface area contributed by atoms with Crippen molar-refractivity contribution in [3.8, 4) is 46.9 Å². The zero-order valence-corrected chi connectivity index (χ0v) is 40.6. The fourth-order valence-corrected chi connectivity index (χ4v) is 5.86. The average Bonchev–Trinajstić information content (AvgIpc) is 3.29. The SMILES string of the molecule is CC.CC.CC#CC(C)(C)P(Oc1ccccc1)Oc1ccccc1.COc1ccccc1.Cc1ccc(C)cc1.Cc1ccc(OC(C)(C)C#CO)cc1.Cc1ccccc1. The van der Waals surface area contributed by atoms with Gasteiger partial charge in [0.05, 0.1) is 7.11 Å². The molecular weight excluding hydrogens is 784 g/mol. The number of rotatable bonds is 8. The number of hydrogen-bond donors (Lipinski definition) is 1. The highest BCUT2D eigenvalue weighted by Gasteiger charge is 2.34. The molecule has 0 aliphatic carbocycles. The van der Waals surface area contributed by atoms with Crippen molar-refractivity contribution in [2.45, 2.75) is 101 Å². The van der Waals surface area contributed by atoms with Crippen LogP contribution in [0.2, 0.25) is 0 Å². The standard InChI is InChI=1S/C18H19O2P.C12H14O2.C8H10.C7H8O.C7H8.2C2H6/c1-4-15-18(2,3)21(19-16-11-7-5-8-12-16)20-17-13-9-6-10-14-17;1-10-4-6-11(7-5-10)14-12(2,3)8-9-13;1-7-3-5-8(2)6-4-7;1-8-7-5-3-2-4-6-7;1-7-5-3-2-4-6-7;2*1-2/h5-14H,1-3H3;4-7,13H,1-3H3;3-6H,1-2H3;2-6H,1H3;2-6H,1H3;2*1-2H3. The van der Waals surface area contributed by atoms with Gasteiger partial charge in [0.15, 0.2) is 5.60 Å². The van der Waals surface area contributed by atoms with Crippen LogP contribution in [0.5, 0.6) is 23.0 Å². The van der Waals surface area contributed by atoms with Gasteiger partial charge in [0, 0.05) is 0 Å². The van der Waals surface area contributed by atoms with Gasteiger partial charge in [-0.1, -0.05) is 177 Å². The van der Waals surface area contributed by atoms with Gasteiger partial charge >= 0.3 is 8.38 Å². The second kappa shape index (κ2) is 33.6. The van der Waals surface area contributed by atoms with E-state index in [9.17, 15) is 0 Å². The third-order valence-corrected chi connectivity index (χ3v) is 9.42. The Balaban J connectivity index is 0.000000784. The van der Waals surface area contributed by atoms with Crippen LogP contribution in [-0.2, 0) is 0 Å². The summed E-state index contributed by atoms with van der Waals surface area (Å²) >= 11 is 0. The second-order valence-corrected chi connectivity index (χ2v) is 16.0. The Morgan fingerprint density at radius 2 is 0.758 bits per heavy atom. The summed E-state index contributed by atoms with van der Waals surface area (Å²) < 4.78 is 22.6. The van der Waals surface area contributed by atoms with Gasteiger partial charge in [-0.25, -0.2) is 0 Å². The summed E-state index contributed by atoms with van der Waals surface area (Å²) in [5.41, 5.74) is 4.50. The molecule has 0 spiro atoms. The minimum atomic E-state index is -1.24. The van der Waals surface area contributed by atoms with Gasteiger partial charge in [-0.15, -0.1) is 5.92 Å². The number of ether oxygens (including phenoxy) is 2. The Morgan fingerprint density at radius 3 is 1.05 bits per heavy atom. The van der Waals surface area contributed by atoms with Crippen LogP contribution in [0, 0.1) is 51.6 Å². The minimum absolute atomic E-state index is 0.365. The Hall–Kier alpha value is -6.13. The predicted molar refractivity (Wildman–Crippen MR) is 267 cm³/mol. The van der Waals surface area contributed by atoms with Crippen LogP contribution in [0.3, 0.4) is 0 Å². The van der Waals surface area contributed by atoms with Crippen LogP contribution in [0.4, 0.5) is 0 Å². The van der Waals surface area contributed by atoms with Gasteiger partial charge in [-0.2, -0.15) is 0 Å². The summed E-state index contributed by atoms with van der Waals surface area (Å²) in [6.07, 6.45) is 1.86. The van der Waals surface area contributed by atoms with E-state index in [1.165, 1.54) is 22.3 Å². The number of aliphatic hydroxyl groups excluding tert-OH is 1. The number of aryl methyl sites for hydroxylation is 4. The first-order chi connectivity index (χ1) is 29.8. The van der Waals surface area contributed by atoms with E-state index < -0.39 is 14.0 Å². The van der Waals surface area contributed by atoms with E-state index in [2.05, 4.69) is 74.9 Å². The Bertz CT molecular complexity index is 2020. The van der Waals surface area contributed by atoms with Crippen molar-refractivity contribution in [2.75, 3.05) is 7.11 Å². The molecule has 0 saturated carbocycles. The topological polar surface area (TPSA) is 57.2 Å². The summed E-state index contributed by atoms with van der Waals surface area (Å²) in [4.78, 5) is 0. The predicted octanol–water partition coefficient (Wildman–Crippen LogP) is 15.8. The molecule has 0 heterocycles. The van der Waals surface area contributed by atoms with Gasteiger partial charge in [0.25, 0.3) is 0 Å². The highest BCUT2D eigenvalue weighted by Crippen LogP contribution is 2.51. The molecule has 6 heteroatoms. The highest BCUT2D eigenvalue weighted by atomic mass is 31.2. The molecule has 0 aliphatic rings. The summed E-state index contributed by atoms with van der Waals surface area (Å²) in [6, 6.07) is 55.6. The largest absolute Gasteiger partial charge is 0.497 e. The molecule has 6 aromatic rings. The molecule has 62 heavy (non-hydrogen) atoms. The average molecular weight is 855 g/mol. The van der Waals surface area contributed by atoms with Gasteiger partial charge in [-0.3, -0.25) is 0 Å². The molecule has 6 rings (SSSR count). The molecule has 330 valence electrons. The lowest BCUT2D eigenvalue weighted by molar-refractivity contribution is 0.171. The molecule has 0 bridgehead atoms. The molecule has 0 aromatic heterocycles. The lowest BCUT2D eigenvalue weighted by Gasteiger charge is -2.28. The lowest BCUT2D eigenvalue weighted by atomic mass is 10.1. The first-order valence-corrected chi connectivity index (χ1v) is 22.2. The van der Waals surface area contributed by atoms with Crippen LogP contribution in [-0.4, -0.2) is 23.0 Å². The van der Waals surface area contributed by atoms with Crippen molar-refractivity contribution in [3.05, 3.63) is 192 Å². The second-order valence-electron chi connectivity index (χ2n) is 14.0. The first-order valence-electron chi connectivity index (χ1n) is 21.0. The fraction of sp³-hybridized carbons (Fsp3) is 0.286. The summed E-state index contributed by atoms with van der Waals surface area (Å²) in [5.74, 6) is 12.0. The maximum atomic E-state index is 8.48. The van der Waals surface area contributed by atoms with Crippen molar-refractivity contribution < 1.29 is 23.6 Å². The van der Waals surface area contributed by atoms with Gasteiger partial charge in [0.2, 0.25) is 0 Å². The monoisotopic (exact) mass is 855 g/mol. The molecule has 0 unspecified atom stereocenters. The number of para-hydroxylation sites is 3. The number of methoxy groups -OCH3 is 1. The molecule has 0 atom stereocenters. The first kappa shape index (κ1) is 55.9. The summed E-state index contributed by atoms with van der Waals surface area (Å²) in [6.45, 7) is 25.8. The Labute approximate surface area is 377 Å². The third kappa shape index (κ3) is 26.9. The van der Waals surface area contributed by atoms with Crippen molar-refractivity contribution in [3.63, 3.8) is 0 Å². The maximum Gasteiger partial charge on any atom is 0.309 e. The smallest absolute Gasteiger partial charge is 0.309 e. The van der Waals surface area contributed by atoms with Crippen molar-refractivity contribution in [1.82, 2.24) is 0 Å². The molecule has 0 saturated heterocycles. The molecule has 0 aliphatic heterocycles. The van der Waals surface area contributed by atoms with Crippen molar-refractivity contribution in [2.24, 2.45) is 0 Å². The van der Waals surface area contributed by atoms with Gasteiger partial charge in [0.1, 0.15) is 34.3 Å². The molecule has 0 radical (unpaired) electrons. The van der Waals surface area contributed by atoms with Crippen molar-refractivity contribution in [1.29, 1.82) is 0 Å². The molecular formula is C56H71O5P. The third-order valence-electron chi connectivity index (χ3n) is 7.64. The maximum absolute atomic E-state index is 8.48. The molecule has 1 N–H and O–H groups in total. The zero-order chi connectivity index (χ0) is 46.7. The van der Waals surface area contributed by atoms with Gasteiger partial charge in [-0.05, 0) is 117 Å². The van der Waals surface area contributed by atoms with Crippen LogP contribution < -0.4 is 18.5 Å². The quantitative estimate of drug-likeness (QED) is 0.122. The van der Waals surface area contributed by atoms with Crippen LogP contribution in [0.25, 0.3) is 0 Å². The van der Waals surface area contributed by atoms with E-state index in [0.29, 0.717) is 0 Å². The van der Waals surface area contributed by atoms with Gasteiger partial charge < -0.3 is 23.6 Å². The highest BCUT2D eigenvalue weighted by molar-refractivity contribution is 7.50. The van der Waals surface area contributed by atoms with Crippen LogP contribution >= 0.6 is 8.38 Å². The summed E-state index contributed by atoms with van der Waals surface area (Å²) in [7, 11) is 0.426. The minimum Gasteiger partial charge on any atom is -0.497 e. The van der Waals surface area contributed by atoms with E-state index in [1.807, 2.05) is 195 Å². The summed E-state index contributed by atoms with van der Waals surface area (Å²) in [5, 5.41) is 8.12. The van der Waals surface area contributed by atoms with Crippen LogP contribution in [0.1, 0.15) is 84.6 Å². The lowest BCUT2D eigenvalue weighted by Crippen LogP contribution is -2.25. The van der Waals surface area contributed by atoms with E-state index >= 15 is 0 Å². The fourth-order valence-electron chi connectivity index (χ4n) is 4.54. The zero-order valence-electron chi connectivity index (χ0n) is 39.7. The van der Waals surface area contributed by atoms with E-state index in [-0.39, 0.29) is 5.16 Å². The van der Waals surface area contributed by atoms with E-state index in [4.69, 9.17) is 23.6 Å². The number of benzene rings is 6. The Morgan fingerprint density at radius 1 is 0.435 bits per heavy atom. The molecule has 0 amide bonds. The van der Waals surface area contributed by atoms with Crippen molar-refractivity contribution >= 4 is 8.38 Å². The Kier molecular flexibility index (Phi) is 30.3. The number of aliphatic hydroxyl groups is 1. The molecule has 5 nitrogen and oxygen atoms in total.